The molecule has 4 rings (SSSR count). The molecule has 6 nitrogen and oxygen atoms in total. The quantitative estimate of drug-likeness (QED) is 0.766. The van der Waals surface area contributed by atoms with Gasteiger partial charge in [-0.3, -0.25) is 4.79 Å². The fraction of sp³-hybridized carbons (Fsp3) is 0.250. The van der Waals surface area contributed by atoms with Crippen LogP contribution in [-0.4, -0.2) is 54.8 Å². The van der Waals surface area contributed by atoms with Crippen LogP contribution in [0, 0.1) is 11.6 Å². The number of hydrogen-bond donors (Lipinski definition) is 1. The average molecular weight is 420 g/mol. The van der Waals surface area contributed by atoms with E-state index < -0.39 is 38.6 Å². The van der Waals surface area contributed by atoms with Gasteiger partial charge in [-0.2, -0.15) is 4.31 Å². The summed E-state index contributed by atoms with van der Waals surface area (Å²) in [6.45, 7) is 0.464. The van der Waals surface area contributed by atoms with Gasteiger partial charge in [0, 0.05) is 32.2 Å². The van der Waals surface area contributed by atoms with Gasteiger partial charge in [-0.15, -0.1) is 0 Å². The summed E-state index contributed by atoms with van der Waals surface area (Å²) in [5.41, 5.74) is 2.00. The van der Waals surface area contributed by atoms with Gasteiger partial charge in [-0.1, -0.05) is 30.3 Å². The van der Waals surface area contributed by atoms with E-state index in [2.05, 4.69) is 0 Å². The number of hydrogen-bond acceptors (Lipinski definition) is 4. The van der Waals surface area contributed by atoms with Crippen LogP contribution in [0.5, 0.6) is 0 Å². The number of aliphatic hydroxyl groups is 1. The van der Waals surface area contributed by atoms with Crippen molar-refractivity contribution < 1.29 is 27.1 Å². The number of carbonyl (C=O) groups excluding carboxylic acids is 1. The van der Waals surface area contributed by atoms with Gasteiger partial charge in [0.05, 0.1) is 0 Å². The molecular weight excluding hydrogens is 402 g/mol. The first-order valence-corrected chi connectivity index (χ1v) is 10.4. The number of sulfonamides is 1. The topological polar surface area (TPSA) is 77.9 Å². The summed E-state index contributed by atoms with van der Waals surface area (Å²) in [6.07, 6.45) is -1.29. The van der Waals surface area contributed by atoms with Crippen molar-refractivity contribution in [1.29, 1.82) is 0 Å². The van der Waals surface area contributed by atoms with Crippen LogP contribution in [0.1, 0.15) is 11.7 Å². The second kappa shape index (κ2) is 7.33. The Morgan fingerprint density at radius 1 is 0.966 bits per heavy atom. The zero-order chi connectivity index (χ0) is 20.8. The Balaban J connectivity index is 1.44. The molecule has 1 amide bonds. The average Bonchev–Trinajstić information content (AvgIpc) is 3.27. The predicted octanol–water partition coefficient (Wildman–Crippen LogP) is 1.84. The molecule has 0 aromatic heterocycles. The Bertz CT molecular complexity index is 1080. The first-order valence-electron chi connectivity index (χ1n) is 8.94. The molecule has 0 radical (unpaired) electrons. The van der Waals surface area contributed by atoms with Gasteiger partial charge in [0.25, 0.3) is 5.91 Å². The van der Waals surface area contributed by atoms with Crippen molar-refractivity contribution in [2.45, 2.75) is 11.0 Å². The van der Waals surface area contributed by atoms with E-state index in [4.69, 9.17) is 0 Å². The summed E-state index contributed by atoms with van der Waals surface area (Å²) in [6, 6.07) is 10.9. The monoisotopic (exact) mass is 420 g/mol. The molecule has 2 aliphatic heterocycles. The maximum absolute atomic E-state index is 14.0. The summed E-state index contributed by atoms with van der Waals surface area (Å²) >= 11 is 0. The number of halogens is 2. The molecule has 0 saturated heterocycles. The lowest BCUT2D eigenvalue weighted by Gasteiger charge is -2.24. The second-order valence-electron chi connectivity index (χ2n) is 7.06. The minimum absolute atomic E-state index is 0.0275. The molecule has 2 aromatic rings. The molecule has 0 fully saturated rings. The molecule has 2 heterocycles. The number of benzene rings is 2. The second-order valence-corrected chi connectivity index (χ2v) is 8.97. The summed E-state index contributed by atoms with van der Waals surface area (Å²) in [5, 5.41) is 10.3. The molecular formula is C20H18F2N2O4S. The highest BCUT2D eigenvalue weighted by Gasteiger charge is 2.39. The van der Waals surface area contributed by atoms with E-state index in [9.17, 15) is 27.1 Å². The molecule has 9 heteroatoms. The van der Waals surface area contributed by atoms with Crippen molar-refractivity contribution in [2.24, 2.45) is 0 Å². The Morgan fingerprint density at radius 2 is 1.59 bits per heavy atom. The van der Waals surface area contributed by atoms with Gasteiger partial charge in [0.15, 0.2) is 6.10 Å². The highest BCUT2D eigenvalue weighted by Crippen LogP contribution is 2.32. The maximum atomic E-state index is 14.0. The molecule has 29 heavy (non-hydrogen) atoms. The lowest BCUT2D eigenvalue weighted by molar-refractivity contribution is -0.139. The largest absolute Gasteiger partial charge is 0.378 e. The highest BCUT2D eigenvalue weighted by molar-refractivity contribution is 7.89. The van der Waals surface area contributed by atoms with Crippen molar-refractivity contribution in [3.63, 3.8) is 0 Å². The number of amides is 1. The zero-order valence-corrected chi connectivity index (χ0v) is 16.1. The molecule has 1 atom stereocenters. The third kappa shape index (κ3) is 3.57. The van der Waals surface area contributed by atoms with Gasteiger partial charge in [0.2, 0.25) is 10.0 Å². The smallest absolute Gasteiger partial charge is 0.256 e. The van der Waals surface area contributed by atoms with Crippen LogP contribution in [0.25, 0.3) is 0 Å². The van der Waals surface area contributed by atoms with E-state index >= 15 is 0 Å². The number of carbonyl (C=O) groups is 1. The molecule has 0 spiro atoms. The zero-order valence-electron chi connectivity index (χ0n) is 15.3. The van der Waals surface area contributed by atoms with Gasteiger partial charge < -0.3 is 10.0 Å². The molecule has 0 saturated carbocycles. The summed E-state index contributed by atoms with van der Waals surface area (Å²) < 4.78 is 53.6. The predicted molar refractivity (Wildman–Crippen MR) is 100 cm³/mol. The number of rotatable bonds is 4. The molecule has 0 bridgehead atoms. The Hall–Kier alpha value is -2.62. The first-order chi connectivity index (χ1) is 13.8. The van der Waals surface area contributed by atoms with E-state index in [1.54, 1.807) is 30.3 Å². The van der Waals surface area contributed by atoms with Crippen LogP contribution in [0.4, 0.5) is 8.78 Å². The number of aliphatic hydroxyl groups excluding tert-OH is 1. The fourth-order valence-electron chi connectivity index (χ4n) is 3.65. The highest BCUT2D eigenvalue weighted by atomic mass is 32.2. The molecule has 0 aliphatic carbocycles. The molecule has 1 N–H and O–H groups in total. The van der Waals surface area contributed by atoms with Crippen LogP contribution < -0.4 is 0 Å². The van der Waals surface area contributed by atoms with Crippen LogP contribution in [0.15, 0.2) is 64.6 Å². The third-order valence-corrected chi connectivity index (χ3v) is 7.00. The van der Waals surface area contributed by atoms with Gasteiger partial charge in [0.1, 0.15) is 16.5 Å². The van der Waals surface area contributed by atoms with Crippen LogP contribution in [0.2, 0.25) is 0 Å². The van der Waals surface area contributed by atoms with E-state index in [-0.39, 0.29) is 26.2 Å². The summed E-state index contributed by atoms with van der Waals surface area (Å²) in [5.74, 6) is -2.45. The van der Waals surface area contributed by atoms with Crippen molar-refractivity contribution >= 4 is 15.9 Å². The minimum atomic E-state index is -4.13. The standard InChI is InChI=1S/C20H18F2N2O4S/c21-16-6-7-18(17(22)8-16)29(27,28)24-11-14-9-23(10-15(14)12-24)20(26)19(25)13-4-2-1-3-5-13/h1-8,19,25H,9-12H2/t19-/m1/s1. The molecule has 2 aromatic carbocycles. The Morgan fingerprint density at radius 3 is 2.17 bits per heavy atom. The Kier molecular flexibility index (Phi) is 4.97. The molecule has 2 aliphatic rings. The van der Waals surface area contributed by atoms with E-state index in [1.807, 2.05) is 0 Å². The van der Waals surface area contributed by atoms with Gasteiger partial charge in [-0.05, 0) is 28.8 Å². The van der Waals surface area contributed by atoms with E-state index in [0.29, 0.717) is 11.6 Å². The fourth-order valence-corrected chi connectivity index (χ4v) is 5.12. The first kappa shape index (κ1) is 19.7. The SMILES string of the molecule is O=C([C@H](O)c1ccccc1)N1CC2=C(C1)CN(S(=O)(=O)c1ccc(F)cc1F)C2. The lowest BCUT2D eigenvalue weighted by Crippen LogP contribution is -2.38. The Labute approximate surface area is 166 Å². The third-order valence-electron chi connectivity index (χ3n) is 5.17. The summed E-state index contributed by atoms with van der Waals surface area (Å²) in [7, 11) is -4.13. The van der Waals surface area contributed by atoms with Crippen molar-refractivity contribution in [3.05, 3.63) is 76.9 Å². The maximum Gasteiger partial charge on any atom is 0.256 e. The normalized spacial score (nSPS) is 18.2. The molecule has 0 unspecified atom stereocenters. The van der Waals surface area contributed by atoms with Crippen LogP contribution in [-0.2, 0) is 14.8 Å². The van der Waals surface area contributed by atoms with E-state index in [1.165, 1.54) is 4.90 Å². The molecule has 152 valence electrons. The van der Waals surface area contributed by atoms with Crippen LogP contribution >= 0.6 is 0 Å². The van der Waals surface area contributed by atoms with E-state index in [0.717, 1.165) is 27.6 Å². The van der Waals surface area contributed by atoms with Gasteiger partial charge >= 0.3 is 0 Å². The van der Waals surface area contributed by atoms with Crippen molar-refractivity contribution in [1.82, 2.24) is 9.21 Å². The minimum Gasteiger partial charge on any atom is -0.378 e. The van der Waals surface area contributed by atoms with Gasteiger partial charge in [-0.25, -0.2) is 17.2 Å². The van der Waals surface area contributed by atoms with Crippen molar-refractivity contribution in [3.8, 4) is 0 Å². The number of nitrogens with zero attached hydrogens (tertiary/aromatic N) is 2. The summed E-state index contributed by atoms with van der Waals surface area (Å²) in [4.78, 5) is 13.5. The lowest BCUT2D eigenvalue weighted by atomic mass is 10.1. The van der Waals surface area contributed by atoms with Crippen LogP contribution in [0.3, 0.4) is 0 Å². The van der Waals surface area contributed by atoms with Crippen molar-refractivity contribution in [2.75, 3.05) is 26.2 Å².